The van der Waals surface area contributed by atoms with Crippen LogP contribution >= 0.6 is 12.4 Å². The lowest BCUT2D eigenvalue weighted by Crippen LogP contribution is -2.38. The normalized spacial score (nSPS) is 13.9. The van der Waals surface area contributed by atoms with E-state index in [-0.39, 0.29) is 17.9 Å². The first-order chi connectivity index (χ1) is 12.6. The van der Waals surface area contributed by atoms with Crippen molar-refractivity contribution in [2.45, 2.75) is 123 Å². The van der Waals surface area contributed by atoms with Gasteiger partial charge in [0.15, 0.2) is 0 Å². The average Bonchev–Trinajstić information content (AvgIpc) is 2.65. The number of hydrogen-bond acceptors (Lipinski definition) is 1. The van der Waals surface area contributed by atoms with Crippen LogP contribution < -0.4 is 5.32 Å². The minimum Gasteiger partial charge on any atom is -0.308 e. The maximum Gasteiger partial charge on any atom is 0.0210 e. The Labute approximate surface area is 175 Å². The minimum atomic E-state index is 0. The summed E-state index contributed by atoms with van der Waals surface area (Å²) in [6.45, 7) is 8.05. The van der Waals surface area contributed by atoms with Gasteiger partial charge in [0.05, 0.1) is 0 Å². The Morgan fingerprint density at radius 3 is 2.07 bits per heavy atom. The van der Waals surface area contributed by atoms with E-state index in [1.165, 1.54) is 95.5 Å². The summed E-state index contributed by atoms with van der Waals surface area (Å²) in [6.07, 6.45) is 19.3. The highest BCUT2D eigenvalue weighted by Gasteiger charge is 2.17. The third-order valence-electron chi connectivity index (χ3n) is 6.09. The molecule has 27 heavy (non-hydrogen) atoms. The van der Waals surface area contributed by atoms with Gasteiger partial charge < -0.3 is 5.32 Å². The molecule has 0 aliphatic heterocycles. The number of halogens is 1. The molecule has 1 aliphatic carbocycles. The highest BCUT2D eigenvalue weighted by atomic mass is 35.5. The molecule has 0 amide bonds. The van der Waals surface area contributed by atoms with Crippen molar-refractivity contribution >= 4 is 12.4 Å². The summed E-state index contributed by atoms with van der Waals surface area (Å²) >= 11 is 0. The maximum absolute atomic E-state index is 3.81. The lowest BCUT2D eigenvalue weighted by Gasteiger charge is -2.27. The standard InChI is InChI=1S/C25H43N.ClH/c1-4-5-6-7-8-9-10-11-14-19-25(2,3)26-21-22-17-18-23-15-12-13-16-24(23)20-22;/h17-18,20,26H,4-16,19,21H2,1-3H3;1H. The van der Waals surface area contributed by atoms with Crippen molar-refractivity contribution in [1.29, 1.82) is 0 Å². The number of aryl methyl sites for hydroxylation is 2. The Morgan fingerprint density at radius 2 is 1.41 bits per heavy atom. The molecule has 1 N–H and O–H groups in total. The van der Waals surface area contributed by atoms with Gasteiger partial charge >= 0.3 is 0 Å². The average molecular weight is 394 g/mol. The minimum absolute atomic E-state index is 0. The fraction of sp³-hybridized carbons (Fsp3) is 0.760. The summed E-state index contributed by atoms with van der Waals surface area (Å²) in [5.41, 5.74) is 4.91. The molecule has 0 heterocycles. The van der Waals surface area contributed by atoms with Gasteiger partial charge in [-0.25, -0.2) is 0 Å². The molecule has 0 aromatic heterocycles. The molecule has 1 aromatic rings. The van der Waals surface area contributed by atoms with E-state index in [0.717, 1.165) is 6.54 Å². The molecule has 0 fully saturated rings. The van der Waals surface area contributed by atoms with Crippen LogP contribution in [-0.2, 0) is 19.4 Å². The SMILES string of the molecule is CCCCCCCCCCCC(C)(C)NCc1ccc2c(c1)CCCC2.Cl. The molecule has 0 atom stereocenters. The lowest BCUT2D eigenvalue weighted by molar-refractivity contribution is 0.344. The number of unbranched alkanes of at least 4 members (excludes halogenated alkanes) is 8. The first-order valence-corrected chi connectivity index (χ1v) is 11.5. The van der Waals surface area contributed by atoms with Crippen LogP contribution in [-0.4, -0.2) is 5.54 Å². The van der Waals surface area contributed by atoms with Crippen LogP contribution in [0, 0.1) is 0 Å². The van der Waals surface area contributed by atoms with Gasteiger partial charge in [-0.05, 0) is 62.6 Å². The predicted molar refractivity (Wildman–Crippen MR) is 123 cm³/mol. The number of hydrogen-bond donors (Lipinski definition) is 1. The molecule has 1 nitrogen and oxygen atoms in total. The van der Waals surface area contributed by atoms with Crippen molar-refractivity contribution in [3.63, 3.8) is 0 Å². The largest absolute Gasteiger partial charge is 0.308 e. The van der Waals surface area contributed by atoms with E-state index < -0.39 is 0 Å². The first kappa shape index (κ1) is 24.5. The highest BCUT2D eigenvalue weighted by Crippen LogP contribution is 2.23. The van der Waals surface area contributed by atoms with Crippen LogP contribution in [0.25, 0.3) is 0 Å². The van der Waals surface area contributed by atoms with Gasteiger partial charge in [0.2, 0.25) is 0 Å². The van der Waals surface area contributed by atoms with E-state index in [2.05, 4.69) is 44.3 Å². The zero-order valence-electron chi connectivity index (χ0n) is 18.2. The second-order valence-electron chi connectivity index (χ2n) is 9.13. The summed E-state index contributed by atoms with van der Waals surface area (Å²) in [4.78, 5) is 0. The summed E-state index contributed by atoms with van der Waals surface area (Å²) < 4.78 is 0. The van der Waals surface area contributed by atoms with Gasteiger partial charge in [-0.2, -0.15) is 0 Å². The fourth-order valence-electron chi connectivity index (χ4n) is 4.20. The third kappa shape index (κ3) is 9.99. The van der Waals surface area contributed by atoms with E-state index in [1.807, 2.05) is 0 Å². The van der Waals surface area contributed by atoms with Gasteiger partial charge in [-0.15, -0.1) is 12.4 Å². The van der Waals surface area contributed by atoms with Crippen LogP contribution in [0.2, 0.25) is 0 Å². The zero-order chi connectivity index (χ0) is 18.7. The van der Waals surface area contributed by atoms with Crippen molar-refractivity contribution in [3.8, 4) is 0 Å². The maximum atomic E-state index is 3.81. The second-order valence-corrected chi connectivity index (χ2v) is 9.13. The Kier molecular flexibility index (Phi) is 12.4. The van der Waals surface area contributed by atoms with Crippen LogP contribution in [0.3, 0.4) is 0 Å². The van der Waals surface area contributed by atoms with Crippen LogP contribution in [0.15, 0.2) is 18.2 Å². The topological polar surface area (TPSA) is 12.0 Å². The molecule has 0 saturated carbocycles. The summed E-state index contributed by atoms with van der Waals surface area (Å²) in [7, 11) is 0. The van der Waals surface area contributed by atoms with Crippen molar-refractivity contribution in [2.75, 3.05) is 0 Å². The number of fused-ring (bicyclic) bond motifs is 1. The van der Waals surface area contributed by atoms with E-state index in [0.29, 0.717) is 0 Å². The Balaban J connectivity index is 0.00000364. The molecule has 0 saturated heterocycles. The van der Waals surface area contributed by atoms with E-state index >= 15 is 0 Å². The molecular formula is C25H44ClN. The smallest absolute Gasteiger partial charge is 0.0210 e. The van der Waals surface area contributed by atoms with Crippen LogP contribution in [0.4, 0.5) is 0 Å². The second kappa shape index (κ2) is 13.6. The molecule has 0 bridgehead atoms. The molecule has 1 aliphatic rings. The van der Waals surface area contributed by atoms with Crippen LogP contribution in [0.5, 0.6) is 0 Å². The Hall–Kier alpha value is -0.530. The number of nitrogens with one attached hydrogen (secondary N) is 1. The predicted octanol–water partition coefficient (Wildman–Crippen LogP) is 7.78. The lowest BCUT2D eigenvalue weighted by atomic mass is 9.90. The fourth-order valence-corrected chi connectivity index (χ4v) is 4.20. The van der Waals surface area contributed by atoms with E-state index in [4.69, 9.17) is 0 Å². The van der Waals surface area contributed by atoms with Crippen molar-refractivity contribution in [3.05, 3.63) is 34.9 Å². The van der Waals surface area contributed by atoms with E-state index in [1.54, 1.807) is 11.1 Å². The third-order valence-corrected chi connectivity index (χ3v) is 6.09. The highest BCUT2D eigenvalue weighted by molar-refractivity contribution is 5.85. The quantitative estimate of drug-likeness (QED) is 0.337. The summed E-state index contributed by atoms with van der Waals surface area (Å²) in [6, 6.07) is 7.17. The van der Waals surface area contributed by atoms with Gasteiger partial charge in [0.1, 0.15) is 0 Å². The Bertz CT molecular complexity index is 509. The molecule has 0 spiro atoms. The van der Waals surface area contributed by atoms with Gasteiger partial charge in [-0.1, -0.05) is 82.9 Å². The molecule has 1 aromatic carbocycles. The summed E-state index contributed by atoms with van der Waals surface area (Å²) in [5, 5.41) is 3.81. The summed E-state index contributed by atoms with van der Waals surface area (Å²) in [5.74, 6) is 0. The van der Waals surface area contributed by atoms with Gasteiger partial charge in [0, 0.05) is 12.1 Å². The molecule has 156 valence electrons. The molecule has 2 heteroatoms. The monoisotopic (exact) mass is 393 g/mol. The molecule has 2 rings (SSSR count). The van der Waals surface area contributed by atoms with Crippen LogP contribution in [0.1, 0.15) is 115 Å². The molecule has 0 radical (unpaired) electrons. The first-order valence-electron chi connectivity index (χ1n) is 11.5. The van der Waals surface area contributed by atoms with Gasteiger partial charge in [0.25, 0.3) is 0 Å². The molecular weight excluding hydrogens is 350 g/mol. The van der Waals surface area contributed by atoms with E-state index in [9.17, 15) is 0 Å². The number of rotatable bonds is 13. The number of benzene rings is 1. The zero-order valence-corrected chi connectivity index (χ0v) is 19.1. The molecule has 0 unspecified atom stereocenters. The van der Waals surface area contributed by atoms with Crippen molar-refractivity contribution < 1.29 is 0 Å². The van der Waals surface area contributed by atoms with Crippen molar-refractivity contribution in [1.82, 2.24) is 5.32 Å². The van der Waals surface area contributed by atoms with Crippen molar-refractivity contribution in [2.24, 2.45) is 0 Å². The Morgan fingerprint density at radius 1 is 0.815 bits per heavy atom. The van der Waals surface area contributed by atoms with Gasteiger partial charge in [-0.3, -0.25) is 0 Å².